The van der Waals surface area contributed by atoms with E-state index < -0.39 is 6.10 Å². The van der Waals surface area contributed by atoms with Crippen LogP contribution in [-0.4, -0.2) is 60.0 Å². The number of amides is 1. The van der Waals surface area contributed by atoms with E-state index in [1.54, 1.807) is 12.0 Å². The lowest BCUT2D eigenvalue weighted by atomic mass is 9.92. The van der Waals surface area contributed by atoms with E-state index in [0.717, 1.165) is 40.8 Å². The van der Waals surface area contributed by atoms with Crippen molar-refractivity contribution in [2.75, 3.05) is 33.4 Å². The Hall–Kier alpha value is -3.34. The molecule has 3 aromatic rings. The number of nitrogens with zero attached hydrogens (tertiary/aromatic N) is 3. The Morgan fingerprint density at radius 2 is 1.94 bits per heavy atom. The maximum Gasteiger partial charge on any atom is 0.253 e. The van der Waals surface area contributed by atoms with Crippen LogP contribution in [-0.2, 0) is 4.74 Å². The molecule has 7 nitrogen and oxygen atoms in total. The van der Waals surface area contributed by atoms with Gasteiger partial charge in [0.15, 0.2) is 0 Å². The third-order valence-corrected chi connectivity index (χ3v) is 6.94. The van der Waals surface area contributed by atoms with E-state index in [4.69, 9.17) is 9.47 Å². The molecule has 0 unspecified atom stereocenters. The summed E-state index contributed by atoms with van der Waals surface area (Å²) < 4.78 is 13.2. The van der Waals surface area contributed by atoms with Crippen molar-refractivity contribution in [3.05, 3.63) is 53.6 Å². The number of aliphatic hydroxyl groups excluding tert-OH is 1. The molecule has 1 amide bonds. The minimum absolute atomic E-state index is 0.0685. The Labute approximate surface area is 199 Å². The molecule has 0 radical (unpaired) electrons. The van der Waals surface area contributed by atoms with Gasteiger partial charge in [-0.1, -0.05) is 12.1 Å². The van der Waals surface area contributed by atoms with Gasteiger partial charge in [-0.3, -0.25) is 4.79 Å². The van der Waals surface area contributed by atoms with Crippen LogP contribution in [0.25, 0.3) is 22.2 Å². The molecule has 2 fully saturated rings. The summed E-state index contributed by atoms with van der Waals surface area (Å²) in [5, 5.41) is 20.8. The number of aliphatic hydroxyl groups is 1. The van der Waals surface area contributed by atoms with E-state index in [1.807, 2.05) is 42.5 Å². The number of carbonyl (C=O) groups is 1. The monoisotopic (exact) mass is 459 g/mol. The van der Waals surface area contributed by atoms with Crippen LogP contribution in [0.1, 0.15) is 47.6 Å². The van der Waals surface area contributed by atoms with Crippen molar-refractivity contribution in [3.63, 3.8) is 0 Å². The van der Waals surface area contributed by atoms with Crippen LogP contribution in [0.4, 0.5) is 0 Å². The van der Waals surface area contributed by atoms with Crippen LogP contribution < -0.4 is 4.74 Å². The van der Waals surface area contributed by atoms with Gasteiger partial charge in [-0.05, 0) is 55.5 Å². The molecule has 34 heavy (non-hydrogen) atoms. The average molecular weight is 460 g/mol. The third kappa shape index (κ3) is 4.04. The Kier molecular flexibility index (Phi) is 6.27. The Morgan fingerprint density at radius 1 is 1.15 bits per heavy atom. The molecular formula is C27H29N3O4. The highest BCUT2D eigenvalue weighted by Gasteiger charge is 2.29. The molecule has 0 spiro atoms. The van der Waals surface area contributed by atoms with Gasteiger partial charge in [0.05, 0.1) is 29.5 Å². The van der Waals surface area contributed by atoms with Gasteiger partial charge >= 0.3 is 0 Å². The lowest BCUT2D eigenvalue weighted by molar-refractivity contribution is 0.0765. The van der Waals surface area contributed by atoms with Gasteiger partial charge < -0.3 is 24.0 Å². The number of rotatable bonds is 7. The molecule has 1 aliphatic heterocycles. The molecular weight excluding hydrogens is 430 g/mol. The maximum atomic E-state index is 12.8. The molecule has 1 atom stereocenters. The van der Waals surface area contributed by atoms with Crippen LogP contribution in [0.2, 0.25) is 0 Å². The lowest BCUT2D eigenvalue weighted by Crippen LogP contribution is -2.29. The number of hydrogen-bond donors (Lipinski definition) is 1. The van der Waals surface area contributed by atoms with Crippen LogP contribution in [0.3, 0.4) is 0 Å². The van der Waals surface area contributed by atoms with Crippen molar-refractivity contribution in [1.82, 2.24) is 9.47 Å². The van der Waals surface area contributed by atoms with E-state index in [9.17, 15) is 15.2 Å². The van der Waals surface area contributed by atoms with Gasteiger partial charge in [-0.15, -0.1) is 0 Å². The highest BCUT2D eigenvalue weighted by atomic mass is 16.5. The number of carbonyl (C=O) groups excluding carboxylic acids is 1. The van der Waals surface area contributed by atoms with E-state index in [-0.39, 0.29) is 5.91 Å². The zero-order valence-corrected chi connectivity index (χ0v) is 19.4. The van der Waals surface area contributed by atoms with Crippen LogP contribution in [0, 0.1) is 11.3 Å². The molecule has 1 saturated carbocycles. The second kappa shape index (κ2) is 9.49. The molecule has 5 rings (SSSR count). The maximum absolute atomic E-state index is 12.8. The molecule has 2 heterocycles. The molecule has 1 aliphatic carbocycles. The summed E-state index contributed by atoms with van der Waals surface area (Å²) in [5.41, 5.74) is 4.05. The highest BCUT2D eigenvalue weighted by molar-refractivity contribution is 5.97. The van der Waals surface area contributed by atoms with E-state index in [0.29, 0.717) is 49.9 Å². The largest absolute Gasteiger partial charge is 0.491 e. The SMILES string of the molecule is COCCOc1ccc2c(C#N)c(-c3ccc(C(=O)N4CC[C@@H](O)C4)cc3)n(C3CCC3)c2c1. The third-order valence-electron chi connectivity index (χ3n) is 6.94. The fourth-order valence-corrected chi connectivity index (χ4v) is 4.92. The minimum atomic E-state index is -0.442. The van der Waals surface area contributed by atoms with Gasteiger partial charge in [0.2, 0.25) is 0 Å². The predicted octanol–water partition coefficient (Wildman–Crippen LogP) is 4.14. The second-order valence-corrected chi connectivity index (χ2v) is 9.08. The lowest BCUT2D eigenvalue weighted by Gasteiger charge is -2.30. The van der Waals surface area contributed by atoms with Crippen molar-refractivity contribution in [2.24, 2.45) is 0 Å². The van der Waals surface area contributed by atoms with Crippen molar-refractivity contribution in [1.29, 1.82) is 5.26 Å². The molecule has 176 valence electrons. The molecule has 1 aromatic heterocycles. The summed E-state index contributed by atoms with van der Waals surface area (Å²) in [6.07, 6.45) is 3.50. The summed E-state index contributed by atoms with van der Waals surface area (Å²) in [6, 6.07) is 16.2. The summed E-state index contributed by atoms with van der Waals surface area (Å²) in [7, 11) is 1.65. The standard InChI is InChI=1S/C27H29N3O4/c1-33-13-14-34-22-9-10-23-24(16-28)26(30(25(23)15-22)20-3-2-4-20)18-5-7-19(8-6-18)27(32)29-12-11-21(31)17-29/h5-10,15,20-21,31H,2-4,11-14,17H2,1H3/t21-/m1/s1. The van der Waals surface area contributed by atoms with Gasteiger partial charge in [-0.25, -0.2) is 0 Å². The first-order chi connectivity index (χ1) is 16.6. The summed E-state index contributed by atoms with van der Waals surface area (Å²) in [6.45, 7) is 1.93. The number of benzene rings is 2. The van der Waals surface area contributed by atoms with Gasteiger partial charge in [0.25, 0.3) is 5.91 Å². The second-order valence-electron chi connectivity index (χ2n) is 9.08. The van der Waals surface area contributed by atoms with Crippen LogP contribution >= 0.6 is 0 Å². The zero-order valence-electron chi connectivity index (χ0n) is 19.4. The van der Waals surface area contributed by atoms with Crippen LogP contribution in [0.15, 0.2) is 42.5 Å². The topological polar surface area (TPSA) is 87.7 Å². The quantitative estimate of drug-likeness (QED) is 0.537. The number of aromatic nitrogens is 1. The number of ether oxygens (including phenoxy) is 2. The number of likely N-dealkylation sites (tertiary alicyclic amines) is 1. The molecule has 0 bridgehead atoms. The van der Waals surface area contributed by atoms with Gasteiger partial charge in [0.1, 0.15) is 18.4 Å². The summed E-state index contributed by atoms with van der Waals surface area (Å²) in [5.74, 6) is 0.688. The Morgan fingerprint density at radius 3 is 2.56 bits per heavy atom. The van der Waals surface area contributed by atoms with E-state index in [1.165, 1.54) is 6.42 Å². The fraction of sp³-hybridized carbons (Fsp3) is 0.407. The molecule has 2 aromatic carbocycles. The number of nitriles is 1. The van der Waals surface area contributed by atoms with E-state index in [2.05, 4.69) is 10.6 Å². The first kappa shape index (κ1) is 22.5. The minimum Gasteiger partial charge on any atom is -0.491 e. The number of hydrogen-bond acceptors (Lipinski definition) is 5. The van der Waals surface area contributed by atoms with Crippen molar-refractivity contribution in [2.45, 2.75) is 37.8 Å². The van der Waals surface area contributed by atoms with E-state index >= 15 is 0 Å². The molecule has 1 N–H and O–H groups in total. The number of β-amino-alcohol motifs (C(OH)–C–C–N with tert-alkyl or cyclic N) is 1. The number of fused-ring (bicyclic) bond motifs is 1. The Balaban J connectivity index is 1.54. The van der Waals surface area contributed by atoms with Gasteiger partial charge in [0, 0.05) is 43.3 Å². The van der Waals surface area contributed by atoms with Crippen molar-refractivity contribution in [3.8, 4) is 23.1 Å². The first-order valence-corrected chi connectivity index (χ1v) is 11.9. The highest BCUT2D eigenvalue weighted by Crippen LogP contribution is 2.43. The summed E-state index contributed by atoms with van der Waals surface area (Å²) >= 11 is 0. The van der Waals surface area contributed by atoms with Crippen LogP contribution in [0.5, 0.6) is 5.75 Å². The predicted molar refractivity (Wildman–Crippen MR) is 129 cm³/mol. The normalized spacial score (nSPS) is 18.1. The Bertz CT molecular complexity index is 1240. The number of methoxy groups -OCH3 is 1. The van der Waals surface area contributed by atoms with Gasteiger partial charge in [-0.2, -0.15) is 5.26 Å². The van der Waals surface area contributed by atoms with Crippen molar-refractivity contribution >= 4 is 16.8 Å². The summed E-state index contributed by atoms with van der Waals surface area (Å²) in [4.78, 5) is 14.5. The molecule has 1 saturated heterocycles. The average Bonchev–Trinajstić information content (AvgIpc) is 3.39. The first-order valence-electron chi connectivity index (χ1n) is 11.9. The fourth-order valence-electron chi connectivity index (χ4n) is 4.92. The zero-order chi connectivity index (χ0) is 23.7. The van der Waals surface area contributed by atoms with Crippen molar-refractivity contribution < 1.29 is 19.4 Å². The molecule has 7 heteroatoms. The smallest absolute Gasteiger partial charge is 0.253 e. The molecule has 2 aliphatic rings.